The Labute approximate surface area is 120 Å². The number of hydrogen-bond acceptors (Lipinski definition) is 4. The standard InChI is InChI=1S/C13H25ClN4O/c1-5-18-12(13(14)10(3)17-18)7-11(16-15)6-9(2)8-19-4/h9,11,16H,5-8,15H2,1-4H3. The fraction of sp³-hybridized carbons (Fsp3) is 0.769. The van der Waals surface area contributed by atoms with E-state index in [9.17, 15) is 0 Å². The molecule has 0 spiro atoms. The number of nitrogens with two attached hydrogens (primary N) is 1. The van der Waals surface area contributed by atoms with Crippen molar-refractivity contribution in [3.05, 3.63) is 16.4 Å². The summed E-state index contributed by atoms with van der Waals surface area (Å²) < 4.78 is 7.11. The SMILES string of the molecule is CCn1nc(C)c(Cl)c1CC(CC(C)COC)NN. The number of methoxy groups -OCH3 is 1. The number of rotatable bonds is 8. The second-order valence-electron chi connectivity index (χ2n) is 5.03. The molecule has 2 atom stereocenters. The molecule has 0 aliphatic heterocycles. The molecule has 1 rings (SSSR count). The molecule has 110 valence electrons. The first-order valence-corrected chi connectivity index (χ1v) is 7.08. The summed E-state index contributed by atoms with van der Waals surface area (Å²) in [5, 5.41) is 5.17. The van der Waals surface area contributed by atoms with Gasteiger partial charge in [0.2, 0.25) is 0 Å². The highest BCUT2D eigenvalue weighted by Crippen LogP contribution is 2.23. The molecule has 2 unspecified atom stereocenters. The fourth-order valence-electron chi connectivity index (χ4n) is 2.35. The minimum atomic E-state index is 0.170. The lowest BCUT2D eigenvalue weighted by Gasteiger charge is -2.20. The van der Waals surface area contributed by atoms with Crippen LogP contribution in [0.5, 0.6) is 0 Å². The molecule has 0 aliphatic carbocycles. The highest BCUT2D eigenvalue weighted by Gasteiger charge is 2.19. The van der Waals surface area contributed by atoms with Gasteiger partial charge in [-0.3, -0.25) is 16.0 Å². The minimum absolute atomic E-state index is 0.170. The molecule has 1 aromatic rings. The van der Waals surface area contributed by atoms with Crippen molar-refractivity contribution < 1.29 is 4.74 Å². The first-order chi connectivity index (χ1) is 9.03. The summed E-state index contributed by atoms with van der Waals surface area (Å²) >= 11 is 6.31. The summed E-state index contributed by atoms with van der Waals surface area (Å²) in [4.78, 5) is 0. The lowest BCUT2D eigenvalue weighted by molar-refractivity contribution is 0.149. The second kappa shape index (κ2) is 7.85. The number of nitrogens with zero attached hydrogens (tertiary/aromatic N) is 2. The van der Waals surface area contributed by atoms with Crippen LogP contribution in [0.25, 0.3) is 0 Å². The van der Waals surface area contributed by atoms with E-state index in [4.69, 9.17) is 22.2 Å². The Balaban J connectivity index is 2.75. The van der Waals surface area contributed by atoms with E-state index in [-0.39, 0.29) is 6.04 Å². The Bertz CT molecular complexity index is 394. The number of hydrogen-bond donors (Lipinski definition) is 2. The van der Waals surface area contributed by atoms with E-state index in [1.807, 2.05) is 11.6 Å². The lowest BCUT2D eigenvalue weighted by Crippen LogP contribution is -2.39. The third-order valence-electron chi connectivity index (χ3n) is 3.27. The number of hydrazine groups is 1. The van der Waals surface area contributed by atoms with Gasteiger partial charge in [-0.25, -0.2) is 0 Å². The minimum Gasteiger partial charge on any atom is -0.384 e. The number of halogens is 1. The summed E-state index contributed by atoms with van der Waals surface area (Å²) in [6.07, 6.45) is 1.71. The molecule has 3 N–H and O–H groups in total. The molecule has 19 heavy (non-hydrogen) atoms. The van der Waals surface area contributed by atoms with E-state index >= 15 is 0 Å². The van der Waals surface area contributed by atoms with Gasteiger partial charge >= 0.3 is 0 Å². The summed E-state index contributed by atoms with van der Waals surface area (Å²) in [6.45, 7) is 7.69. The van der Waals surface area contributed by atoms with Gasteiger partial charge in [-0.05, 0) is 26.2 Å². The van der Waals surface area contributed by atoms with E-state index in [1.165, 1.54) is 0 Å². The number of nitrogens with one attached hydrogen (secondary N) is 1. The van der Waals surface area contributed by atoms with Gasteiger partial charge < -0.3 is 4.74 Å². The number of aromatic nitrogens is 2. The van der Waals surface area contributed by atoms with Crippen LogP contribution in [0.4, 0.5) is 0 Å². The van der Waals surface area contributed by atoms with E-state index in [2.05, 4.69) is 24.4 Å². The smallest absolute Gasteiger partial charge is 0.0847 e. The molecule has 0 fully saturated rings. The van der Waals surface area contributed by atoms with Crippen LogP contribution in [0.3, 0.4) is 0 Å². The summed E-state index contributed by atoms with van der Waals surface area (Å²) in [5.41, 5.74) is 4.80. The van der Waals surface area contributed by atoms with Crippen molar-refractivity contribution in [2.45, 2.75) is 46.2 Å². The Morgan fingerprint density at radius 3 is 2.74 bits per heavy atom. The van der Waals surface area contributed by atoms with Gasteiger partial charge in [-0.2, -0.15) is 5.10 Å². The zero-order valence-corrected chi connectivity index (χ0v) is 13.0. The van der Waals surface area contributed by atoms with Gasteiger partial charge in [0.15, 0.2) is 0 Å². The van der Waals surface area contributed by atoms with Crippen LogP contribution in [-0.2, 0) is 17.7 Å². The first-order valence-electron chi connectivity index (χ1n) is 6.70. The predicted octanol–water partition coefficient (Wildman–Crippen LogP) is 1.91. The average Bonchev–Trinajstić information content (AvgIpc) is 2.65. The third kappa shape index (κ3) is 4.45. The fourth-order valence-corrected chi connectivity index (χ4v) is 2.56. The zero-order chi connectivity index (χ0) is 14.4. The van der Waals surface area contributed by atoms with Gasteiger partial charge in [0.05, 0.1) is 16.4 Å². The quantitative estimate of drug-likeness (QED) is 0.566. The van der Waals surface area contributed by atoms with Crippen LogP contribution in [0.1, 0.15) is 31.7 Å². The van der Waals surface area contributed by atoms with Gasteiger partial charge in [-0.15, -0.1) is 0 Å². The molecule has 1 aromatic heterocycles. The molecule has 5 nitrogen and oxygen atoms in total. The first kappa shape index (κ1) is 16.4. The molecular weight excluding hydrogens is 264 g/mol. The Kier molecular flexibility index (Phi) is 6.79. The third-order valence-corrected chi connectivity index (χ3v) is 3.76. The summed E-state index contributed by atoms with van der Waals surface area (Å²) in [7, 11) is 1.72. The summed E-state index contributed by atoms with van der Waals surface area (Å²) in [5.74, 6) is 6.10. The highest BCUT2D eigenvalue weighted by atomic mass is 35.5. The van der Waals surface area contributed by atoms with E-state index < -0.39 is 0 Å². The van der Waals surface area contributed by atoms with Gasteiger partial charge in [-0.1, -0.05) is 18.5 Å². The monoisotopic (exact) mass is 288 g/mol. The molecule has 0 aromatic carbocycles. The zero-order valence-electron chi connectivity index (χ0n) is 12.2. The van der Waals surface area contributed by atoms with Crippen molar-refractivity contribution in [1.29, 1.82) is 0 Å². The van der Waals surface area contributed by atoms with Crippen LogP contribution in [-0.4, -0.2) is 29.5 Å². The second-order valence-corrected chi connectivity index (χ2v) is 5.40. The maximum atomic E-state index is 6.31. The largest absolute Gasteiger partial charge is 0.384 e. The Hall–Kier alpha value is -0.620. The molecule has 0 bridgehead atoms. The Morgan fingerprint density at radius 1 is 1.53 bits per heavy atom. The van der Waals surface area contributed by atoms with E-state index in [1.54, 1.807) is 7.11 Å². The lowest BCUT2D eigenvalue weighted by atomic mass is 9.99. The average molecular weight is 289 g/mol. The molecule has 0 radical (unpaired) electrons. The topological polar surface area (TPSA) is 65.1 Å². The maximum Gasteiger partial charge on any atom is 0.0847 e. The molecule has 0 amide bonds. The summed E-state index contributed by atoms with van der Waals surface area (Å²) in [6, 6.07) is 0.170. The van der Waals surface area contributed by atoms with Crippen LogP contribution >= 0.6 is 11.6 Å². The number of aryl methyl sites for hydroxylation is 2. The highest BCUT2D eigenvalue weighted by molar-refractivity contribution is 6.31. The number of ether oxygens (including phenoxy) is 1. The van der Waals surface area contributed by atoms with Crippen LogP contribution in [0, 0.1) is 12.8 Å². The van der Waals surface area contributed by atoms with Crippen molar-refractivity contribution in [3.63, 3.8) is 0 Å². The van der Waals surface area contributed by atoms with Crippen molar-refractivity contribution >= 4 is 11.6 Å². The van der Waals surface area contributed by atoms with Gasteiger partial charge in [0.1, 0.15) is 0 Å². The van der Waals surface area contributed by atoms with E-state index in [0.29, 0.717) is 5.92 Å². The molecule has 6 heteroatoms. The Morgan fingerprint density at radius 2 is 2.21 bits per heavy atom. The van der Waals surface area contributed by atoms with Crippen LogP contribution in [0.2, 0.25) is 5.02 Å². The van der Waals surface area contributed by atoms with E-state index in [0.717, 1.165) is 42.4 Å². The van der Waals surface area contributed by atoms with Gasteiger partial charge in [0.25, 0.3) is 0 Å². The molecule has 1 heterocycles. The van der Waals surface area contributed by atoms with Crippen molar-refractivity contribution in [3.8, 4) is 0 Å². The molecule has 0 saturated carbocycles. The predicted molar refractivity (Wildman–Crippen MR) is 78.1 cm³/mol. The molecule has 0 aliphatic rings. The van der Waals surface area contributed by atoms with Crippen molar-refractivity contribution in [2.24, 2.45) is 11.8 Å². The van der Waals surface area contributed by atoms with Crippen molar-refractivity contribution in [2.75, 3.05) is 13.7 Å². The van der Waals surface area contributed by atoms with Crippen LogP contribution < -0.4 is 11.3 Å². The maximum absolute atomic E-state index is 6.31. The normalized spacial score (nSPS) is 14.6. The van der Waals surface area contributed by atoms with Crippen LogP contribution in [0.15, 0.2) is 0 Å². The van der Waals surface area contributed by atoms with Crippen molar-refractivity contribution in [1.82, 2.24) is 15.2 Å². The molecule has 0 saturated heterocycles. The van der Waals surface area contributed by atoms with Gasteiger partial charge in [0, 0.05) is 32.7 Å². The molecular formula is C13H25ClN4O.